The molecule has 0 aliphatic carbocycles. The molecule has 0 aliphatic heterocycles. The number of benzene rings is 2. The predicted octanol–water partition coefficient (Wildman–Crippen LogP) is 6.68. The van der Waals surface area contributed by atoms with Gasteiger partial charge in [0.2, 0.25) is 0 Å². The number of alkyl halides is 3. The average Bonchev–Trinajstić information content (AvgIpc) is 2.57. The van der Waals surface area contributed by atoms with Gasteiger partial charge in [0.05, 0.1) is 0 Å². The van der Waals surface area contributed by atoms with Crippen molar-refractivity contribution in [3.63, 3.8) is 0 Å². The van der Waals surface area contributed by atoms with Crippen molar-refractivity contribution in [3.05, 3.63) is 55.7 Å². The SMILES string of the molecule is COc1ccc(I(OS(=O)(=O)C(F)(F)F)c2cccc(S(F)(F)(F)(F)F)c2)cc1. The van der Waals surface area contributed by atoms with E-state index in [1.165, 1.54) is 19.2 Å². The van der Waals surface area contributed by atoms with E-state index >= 15 is 0 Å². The molecule has 0 bridgehead atoms. The number of halogens is 9. The van der Waals surface area contributed by atoms with Gasteiger partial charge in [-0.1, -0.05) is 0 Å². The molecule has 0 saturated heterocycles. The van der Waals surface area contributed by atoms with E-state index in [9.17, 15) is 41.0 Å². The molecule has 0 atom stereocenters. The molecule has 0 unspecified atom stereocenters. The van der Waals surface area contributed by atoms with Gasteiger partial charge in [-0.15, -0.1) is 0 Å². The Bertz CT molecular complexity index is 1010. The fraction of sp³-hybridized carbons (Fsp3) is 0.143. The van der Waals surface area contributed by atoms with Crippen LogP contribution in [0.15, 0.2) is 53.4 Å². The van der Waals surface area contributed by atoms with Crippen molar-refractivity contribution in [1.29, 1.82) is 0 Å². The van der Waals surface area contributed by atoms with Crippen LogP contribution in [0.2, 0.25) is 0 Å². The van der Waals surface area contributed by atoms with Gasteiger partial charge in [0.1, 0.15) is 0 Å². The van der Waals surface area contributed by atoms with Gasteiger partial charge in [0.15, 0.2) is 0 Å². The number of hydrogen-bond donors (Lipinski definition) is 0. The Morgan fingerprint density at radius 3 is 1.90 bits per heavy atom. The molecule has 2 rings (SSSR count). The second-order valence-corrected chi connectivity index (χ2v) is 14.2. The van der Waals surface area contributed by atoms with Crippen molar-refractivity contribution in [2.75, 3.05) is 7.11 Å². The van der Waals surface area contributed by atoms with Gasteiger partial charge in [-0.25, -0.2) is 0 Å². The zero-order valence-corrected chi connectivity index (χ0v) is 17.8. The summed E-state index contributed by atoms with van der Waals surface area (Å²) in [6.45, 7) is 0. The van der Waals surface area contributed by atoms with Gasteiger partial charge in [-0.3, -0.25) is 0 Å². The van der Waals surface area contributed by atoms with Crippen LogP contribution in [0.4, 0.5) is 32.6 Å². The summed E-state index contributed by atoms with van der Waals surface area (Å²) in [4.78, 5) is -2.37. The van der Waals surface area contributed by atoms with Crippen molar-refractivity contribution in [2.45, 2.75) is 10.4 Å². The third-order valence-electron chi connectivity index (χ3n) is 3.12. The summed E-state index contributed by atoms with van der Waals surface area (Å²) in [6.07, 6.45) is 0. The third-order valence-corrected chi connectivity index (χ3v) is 11.3. The molecule has 166 valence electrons. The monoisotopic (exact) mass is 586 g/mol. The molecule has 4 nitrogen and oxygen atoms in total. The van der Waals surface area contributed by atoms with Crippen molar-refractivity contribution in [1.82, 2.24) is 0 Å². The minimum atomic E-state index is -10.2. The fourth-order valence-corrected chi connectivity index (χ4v) is 9.26. The van der Waals surface area contributed by atoms with Gasteiger partial charge in [-0.05, 0) is 0 Å². The maximum atomic E-state index is 13.1. The molecule has 0 amide bonds. The summed E-state index contributed by atoms with van der Waals surface area (Å²) in [5.74, 6) is 0.212. The molecule has 2 aromatic carbocycles. The first-order chi connectivity index (χ1) is 12.8. The van der Waals surface area contributed by atoms with Crippen molar-refractivity contribution in [2.24, 2.45) is 0 Å². The standard InChI is InChI=1S/C14H11F8IO4S2/c1-26-12-7-5-10(6-8-12)23(27-28(24,25)14(15,16)17)11-3-2-4-13(9-11)29(18,19,20,21)22/h2-9H,1H3. The summed E-state index contributed by atoms with van der Waals surface area (Å²) in [5, 5.41) is 0. The van der Waals surface area contributed by atoms with Gasteiger partial charge in [-0.2, -0.15) is 0 Å². The Kier molecular flexibility index (Phi) is 5.65. The molecular weight excluding hydrogens is 575 g/mol. The van der Waals surface area contributed by atoms with E-state index in [4.69, 9.17) is 4.74 Å². The Hall–Kier alpha value is -1.33. The normalized spacial score (nSPS) is 16.0. The van der Waals surface area contributed by atoms with E-state index in [1.54, 1.807) is 0 Å². The first kappa shape index (κ1) is 23.9. The predicted molar refractivity (Wildman–Crippen MR) is 98.3 cm³/mol. The van der Waals surface area contributed by atoms with Crippen LogP contribution in [-0.4, -0.2) is 21.0 Å². The van der Waals surface area contributed by atoms with Crippen LogP contribution in [0.5, 0.6) is 5.75 Å². The van der Waals surface area contributed by atoms with Gasteiger partial charge >= 0.3 is 168 Å². The van der Waals surface area contributed by atoms with Crippen LogP contribution in [0, 0.1) is 7.14 Å². The van der Waals surface area contributed by atoms with Crippen LogP contribution in [0.1, 0.15) is 0 Å². The summed E-state index contributed by atoms with van der Waals surface area (Å²) >= 11 is -4.27. The third kappa shape index (κ3) is 5.85. The van der Waals surface area contributed by atoms with Crippen LogP contribution >= 0.6 is 30.5 Å². The molecule has 0 aliphatic rings. The first-order valence-corrected chi connectivity index (χ1v) is 13.4. The maximum absolute atomic E-state index is 13.1. The molecule has 0 fully saturated rings. The molecular formula is C14H11F8IO4S2. The van der Waals surface area contributed by atoms with E-state index < -0.39 is 54.6 Å². The van der Waals surface area contributed by atoms with Crippen molar-refractivity contribution in [3.8, 4) is 5.75 Å². The van der Waals surface area contributed by atoms with Crippen LogP contribution in [0.3, 0.4) is 0 Å². The molecule has 0 saturated carbocycles. The van der Waals surface area contributed by atoms with Crippen LogP contribution in [0.25, 0.3) is 0 Å². The Labute approximate surface area is 167 Å². The molecule has 0 aromatic heterocycles. The van der Waals surface area contributed by atoms with E-state index in [1.807, 2.05) is 0 Å². The zero-order chi connectivity index (χ0) is 22.4. The molecule has 0 N–H and O–H groups in total. The number of ether oxygens (including phenoxy) is 1. The number of rotatable bonds is 6. The number of methoxy groups -OCH3 is 1. The fourth-order valence-electron chi connectivity index (χ4n) is 1.82. The zero-order valence-electron chi connectivity index (χ0n) is 14.0. The first-order valence-electron chi connectivity index (χ1n) is 7.03. The molecule has 0 heterocycles. The van der Waals surface area contributed by atoms with Gasteiger partial charge in [0, 0.05) is 0 Å². The Morgan fingerprint density at radius 2 is 1.45 bits per heavy atom. The quantitative estimate of drug-likeness (QED) is 0.216. The van der Waals surface area contributed by atoms with Gasteiger partial charge < -0.3 is 0 Å². The summed E-state index contributed by atoms with van der Waals surface area (Å²) in [5.41, 5.74) is -5.85. The van der Waals surface area contributed by atoms with Crippen molar-refractivity contribution < 1.29 is 48.3 Å². The van der Waals surface area contributed by atoms with E-state index in [2.05, 4.69) is 2.51 Å². The van der Waals surface area contributed by atoms with E-state index in [0.717, 1.165) is 18.2 Å². The molecule has 15 heteroatoms. The Morgan fingerprint density at radius 1 is 0.897 bits per heavy atom. The Balaban J connectivity index is 2.65. The summed E-state index contributed by atoms with van der Waals surface area (Å²) < 4.78 is 135. The van der Waals surface area contributed by atoms with Crippen LogP contribution < -0.4 is 4.74 Å². The minimum absolute atomic E-state index is 0.0473. The second-order valence-electron chi connectivity index (χ2n) is 5.30. The van der Waals surface area contributed by atoms with E-state index in [-0.39, 0.29) is 21.5 Å². The van der Waals surface area contributed by atoms with Gasteiger partial charge in [0.25, 0.3) is 0 Å². The molecule has 0 spiro atoms. The molecule has 29 heavy (non-hydrogen) atoms. The average molecular weight is 586 g/mol. The summed E-state index contributed by atoms with van der Waals surface area (Å²) in [6, 6.07) is 5.89. The van der Waals surface area contributed by atoms with Crippen LogP contribution in [-0.2, 0) is 12.6 Å². The van der Waals surface area contributed by atoms with Crippen molar-refractivity contribution >= 4 is 40.6 Å². The molecule has 2 aromatic rings. The second kappa shape index (κ2) is 6.84. The van der Waals surface area contributed by atoms with E-state index in [0.29, 0.717) is 6.07 Å². The number of hydrogen-bond acceptors (Lipinski definition) is 4. The molecule has 0 radical (unpaired) electrons. The summed E-state index contributed by atoms with van der Waals surface area (Å²) in [7, 11) is -15.1. The topological polar surface area (TPSA) is 52.6 Å².